The van der Waals surface area contributed by atoms with Crippen molar-refractivity contribution in [1.82, 2.24) is 4.58 Å². The average Bonchev–Trinajstić information content (AvgIpc) is 3.37. The van der Waals surface area contributed by atoms with Gasteiger partial charge in [-0.05, 0) is 144 Å². The second-order valence-corrected chi connectivity index (χ2v) is 20.2. The molecule has 3 N–H and O–H groups in total. The van der Waals surface area contributed by atoms with Crippen LogP contribution < -0.4 is 34.9 Å². The van der Waals surface area contributed by atoms with Gasteiger partial charge in [0, 0.05) is 94.9 Å². The largest absolute Gasteiger partial charge is 0.494 e. The van der Waals surface area contributed by atoms with Crippen LogP contribution in [0.1, 0.15) is 74.6 Å². The lowest BCUT2D eigenvalue weighted by Crippen LogP contribution is -2.28. The predicted molar refractivity (Wildman–Crippen MR) is 297 cm³/mol. The summed E-state index contributed by atoms with van der Waals surface area (Å²) in [5.74, 6) is 1.81. The summed E-state index contributed by atoms with van der Waals surface area (Å²) in [5.41, 5.74) is 11.4. The zero-order chi connectivity index (χ0) is 52.4. The third kappa shape index (κ3) is 12.9. The minimum Gasteiger partial charge on any atom is -0.494 e. The summed E-state index contributed by atoms with van der Waals surface area (Å²) in [6.45, 7) is 14.0. The van der Waals surface area contributed by atoms with E-state index in [1.165, 1.54) is 19.9 Å². The minimum atomic E-state index is -4.62. The summed E-state index contributed by atoms with van der Waals surface area (Å²) in [4.78, 5) is 25.0. The predicted octanol–water partition coefficient (Wildman–Crippen LogP) is 13.3. The van der Waals surface area contributed by atoms with E-state index >= 15 is 0 Å². The first-order valence-corrected chi connectivity index (χ1v) is 26.7. The van der Waals surface area contributed by atoms with Crippen molar-refractivity contribution < 1.29 is 36.5 Å². The van der Waals surface area contributed by atoms with Crippen molar-refractivity contribution in [2.75, 3.05) is 41.8 Å². The Labute approximate surface area is 434 Å². The minimum absolute atomic E-state index is 0.121. The maximum absolute atomic E-state index is 13.1. The number of carbonyl (C=O) groups is 2. The zero-order valence-electron chi connectivity index (χ0n) is 43.0. The molecule has 0 bridgehead atoms. The summed E-state index contributed by atoms with van der Waals surface area (Å²) in [6, 6.07) is 46.2. The van der Waals surface area contributed by atoms with Crippen LogP contribution in [0.5, 0.6) is 11.5 Å². The molecule has 74 heavy (non-hydrogen) atoms. The first-order valence-electron chi connectivity index (χ1n) is 25.2. The molecule has 1 aliphatic carbocycles. The molecule has 0 saturated heterocycles. The van der Waals surface area contributed by atoms with Crippen LogP contribution >= 0.6 is 0 Å². The molecule has 0 unspecified atom stereocenters. The number of rotatable bonds is 21. The number of nitrogens with one attached hydrogen (secondary N) is 2. The fourth-order valence-corrected chi connectivity index (χ4v) is 10.4. The molecule has 1 heterocycles. The molecule has 382 valence electrons. The zero-order valence-corrected chi connectivity index (χ0v) is 43.9. The Morgan fingerprint density at radius 1 is 0.608 bits per heavy atom. The average molecular weight is 1010 g/mol. The van der Waals surface area contributed by atoms with Gasteiger partial charge >= 0.3 is 0 Å². The molecular formula is C61H65N4O8S+. The topological polar surface area (TPSA) is 150 Å². The first kappa shape index (κ1) is 52.6. The Balaban J connectivity index is 1.15. The van der Waals surface area contributed by atoms with E-state index in [9.17, 15) is 22.6 Å². The van der Waals surface area contributed by atoms with E-state index in [0.29, 0.717) is 59.7 Å². The van der Waals surface area contributed by atoms with Gasteiger partial charge in [0.05, 0.1) is 19.3 Å². The molecule has 6 aromatic carbocycles. The lowest BCUT2D eigenvalue weighted by atomic mass is 9.93. The number of unbranched alkanes of at least 4 members (excludes halogenated alkanes) is 4. The molecule has 1 aliphatic heterocycles. The molecular weight excluding hydrogens is 949 g/mol. The van der Waals surface area contributed by atoms with Crippen LogP contribution in [0, 0.1) is 27.7 Å². The van der Waals surface area contributed by atoms with Gasteiger partial charge in [0.25, 0.3) is 10.1 Å². The van der Waals surface area contributed by atoms with Gasteiger partial charge in [-0.2, -0.15) is 13.0 Å². The Bertz CT molecular complexity index is 3400. The number of hydrogen-bond donors (Lipinski definition) is 3. The number of hydrogen-bond acceptors (Lipinski definition) is 8. The van der Waals surface area contributed by atoms with Crippen molar-refractivity contribution in [3.8, 4) is 33.9 Å². The Morgan fingerprint density at radius 2 is 1.18 bits per heavy atom. The highest BCUT2D eigenvalue weighted by molar-refractivity contribution is 7.86. The van der Waals surface area contributed by atoms with Gasteiger partial charge in [0.1, 0.15) is 34.3 Å². The van der Waals surface area contributed by atoms with Gasteiger partial charge in [0.2, 0.25) is 22.9 Å². The van der Waals surface area contributed by atoms with E-state index in [1.807, 2.05) is 72.8 Å². The maximum Gasteiger partial charge on any atom is 0.295 e. The van der Waals surface area contributed by atoms with Crippen LogP contribution in [0.15, 0.2) is 155 Å². The molecule has 0 radical (unpaired) electrons. The van der Waals surface area contributed by atoms with E-state index in [4.69, 9.17) is 13.9 Å². The number of fused-ring (bicyclic) bond motifs is 2. The number of benzene rings is 7. The Hall–Kier alpha value is -7.74. The molecule has 2 aliphatic rings. The third-order valence-corrected chi connectivity index (χ3v) is 14.0. The number of anilines is 4. The summed E-state index contributed by atoms with van der Waals surface area (Å²) in [6.07, 6.45) is 5.26. The SMILES string of the molecule is CC(=O)Nc1ccc(OCCCCCN(c2ccc3c(-c4ccccc4S(=O)(=O)O)c4ccc(=[N+](CCCCCOc5ccc(NC(C)=O)cc5)c5c(C)cccc5C)cc-4oc3c2)c2c(C)cccc2C)cc1. The van der Waals surface area contributed by atoms with Crippen LogP contribution in [0.2, 0.25) is 0 Å². The standard InChI is InChI=1S/C61H64N4O8S/c1-41-17-15-18-42(2)60(41)64(35-11-7-13-37-71-51-29-23-47(24-30-51)62-45(5)66)49-27-33-53-56(39-49)73-57-40-50(28-34-54(57)59(53)55-21-9-10-22-58(55)74(68,69)70)65(61-43(3)19-16-20-44(61)4)36-12-8-14-38-72-52-31-25-48(26-32-52)63-46(6)67/h9-10,15-34,39-40H,7-8,11-14,35-38H2,1-6H3,(H2-,62,63,66,67,68,69,70)/p+1. The highest BCUT2D eigenvalue weighted by Crippen LogP contribution is 2.44. The van der Waals surface area contributed by atoms with Crippen molar-refractivity contribution in [3.05, 3.63) is 173 Å². The van der Waals surface area contributed by atoms with Crippen molar-refractivity contribution in [3.63, 3.8) is 0 Å². The molecule has 0 fully saturated rings. The third-order valence-electron chi connectivity index (χ3n) is 13.1. The molecule has 0 saturated carbocycles. The van der Waals surface area contributed by atoms with E-state index in [1.54, 1.807) is 18.2 Å². The summed E-state index contributed by atoms with van der Waals surface area (Å²) in [7, 11) is -4.62. The van der Waals surface area contributed by atoms with E-state index in [2.05, 4.69) is 96.3 Å². The number of ether oxygens (including phenoxy) is 2. The number of nitrogens with zero attached hydrogens (tertiary/aromatic N) is 2. The highest BCUT2D eigenvalue weighted by Gasteiger charge is 2.26. The smallest absolute Gasteiger partial charge is 0.295 e. The monoisotopic (exact) mass is 1010 g/mol. The van der Waals surface area contributed by atoms with Crippen molar-refractivity contribution in [1.29, 1.82) is 0 Å². The highest BCUT2D eigenvalue weighted by atomic mass is 32.2. The summed E-state index contributed by atoms with van der Waals surface area (Å²) >= 11 is 0. The second kappa shape index (κ2) is 23.9. The molecule has 0 atom stereocenters. The van der Waals surface area contributed by atoms with Crippen LogP contribution in [-0.2, 0) is 19.7 Å². The fraction of sp³-hybridized carbons (Fsp3) is 0.262. The lowest BCUT2D eigenvalue weighted by molar-refractivity contribution is -0.115. The van der Waals surface area contributed by atoms with Crippen LogP contribution in [0.4, 0.5) is 28.4 Å². The number of aryl methyl sites for hydroxylation is 4. The van der Waals surface area contributed by atoms with Gasteiger partial charge < -0.3 is 29.4 Å². The summed E-state index contributed by atoms with van der Waals surface area (Å²) in [5, 5.41) is 7.18. The van der Waals surface area contributed by atoms with Crippen LogP contribution in [-0.4, -0.2) is 51.1 Å². The number of para-hydroxylation sites is 2. The number of amides is 2. The molecule has 0 aromatic heterocycles. The first-order chi connectivity index (χ1) is 35.6. The van der Waals surface area contributed by atoms with E-state index in [0.717, 1.165) is 106 Å². The molecule has 0 spiro atoms. The van der Waals surface area contributed by atoms with Crippen LogP contribution in [0.25, 0.3) is 33.4 Å². The Kier molecular flexibility index (Phi) is 17.0. The van der Waals surface area contributed by atoms with Crippen molar-refractivity contribution >= 4 is 61.3 Å². The van der Waals surface area contributed by atoms with E-state index in [-0.39, 0.29) is 16.7 Å². The molecule has 8 rings (SSSR count). The van der Waals surface area contributed by atoms with Gasteiger partial charge in [-0.25, -0.2) is 0 Å². The normalized spacial score (nSPS) is 11.9. The van der Waals surface area contributed by atoms with Crippen LogP contribution in [0.3, 0.4) is 0 Å². The molecule has 13 heteroatoms. The lowest BCUT2D eigenvalue weighted by Gasteiger charge is -2.29. The summed E-state index contributed by atoms with van der Waals surface area (Å²) < 4.78 is 58.2. The van der Waals surface area contributed by atoms with Gasteiger partial charge in [0.15, 0.2) is 0 Å². The quantitative estimate of drug-likeness (QED) is 0.0277. The fourth-order valence-electron chi connectivity index (χ4n) is 9.75. The van der Waals surface area contributed by atoms with Gasteiger partial charge in [-0.15, -0.1) is 0 Å². The molecule has 12 nitrogen and oxygen atoms in total. The second-order valence-electron chi connectivity index (χ2n) is 18.8. The van der Waals surface area contributed by atoms with Gasteiger partial charge in [-0.1, -0.05) is 54.6 Å². The Morgan fingerprint density at radius 3 is 1.76 bits per heavy atom. The van der Waals surface area contributed by atoms with Crippen molar-refractivity contribution in [2.24, 2.45) is 0 Å². The molecule has 6 aromatic rings. The van der Waals surface area contributed by atoms with Crippen molar-refractivity contribution in [2.45, 2.75) is 85.0 Å². The maximum atomic E-state index is 13.1. The van der Waals surface area contributed by atoms with E-state index < -0.39 is 10.1 Å². The number of carbonyl (C=O) groups excluding carboxylic acids is 2. The van der Waals surface area contributed by atoms with Gasteiger partial charge in [-0.3, -0.25) is 14.1 Å². The molecule has 2 amide bonds.